The van der Waals surface area contributed by atoms with E-state index in [1.54, 1.807) is 18.6 Å². The summed E-state index contributed by atoms with van der Waals surface area (Å²) < 4.78 is 5.47. The predicted octanol–water partition coefficient (Wildman–Crippen LogP) is 2.48. The Morgan fingerprint density at radius 2 is 2.09 bits per heavy atom. The molecule has 6 nitrogen and oxygen atoms in total. The number of hydrogen-bond donors (Lipinski definition) is 0. The maximum absolute atomic E-state index is 12.2. The first-order valence-corrected chi connectivity index (χ1v) is 7.77. The summed E-state index contributed by atoms with van der Waals surface area (Å²) in [5, 5.41) is 0. The van der Waals surface area contributed by atoms with Crippen molar-refractivity contribution in [3.8, 4) is 0 Å². The zero-order valence-electron chi connectivity index (χ0n) is 14.1. The van der Waals surface area contributed by atoms with Gasteiger partial charge in [-0.3, -0.25) is 14.9 Å². The number of carbonyl (C=O) groups excluding carboxylic acids is 1. The minimum absolute atomic E-state index is 0.114. The Morgan fingerprint density at radius 3 is 2.64 bits per heavy atom. The quantitative estimate of drug-likeness (QED) is 0.840. The fourth-order valence-corrected chi connectivity index (χ4v) is 2.64. The largest absolute Gasteiger partial charge is 0.444 e. The first kappa shape index (κ1) is 16.7. The highest BCUT2D eigenvalue weighted by Gasteiger charge is 2.32. The lowest BCUT2D eigenvalue weighted by atomic mass is 10.1. The Kier molecular flexibility index (Phi) is 5.01. The van der Waals surface area contributed by atoms with Gasteiger partial charge in [-0.2, -0.15) is 0 Å². The number of rotatable bonds is 2. The monoisotopic (exact) mass is 306 g/mol. The first-order valence-electron chi connectivity index (χ1n) is 7.77. The molecule has 22 heavy (non-hydrogen) atoms. The highest BCUT2D eigenvalue weighted by atomic mass is 16.6. The van der Waals surface area contributed by atoms with Gasteiger partial charge in [-0.15, -0.1) is 0 Å². The molecule has 0 spiro atoms. The van der Waals surface area contributed by atoms with Gasteiger partial charge in [0.05, 0.1) is 11.7 Å². The van der Waals surface area contributed by atoms with Gasteiger partial charge in [0.15, 0.2) is 0 Å². The van der Waals surface area contributed by atoms with Crippen molar-refractivity contribution in [2.24, 2.45) is 0 Å². The first-order chi connectivity index (χ1) is 10.3. The van der Waals surface area contributed by atoms with Gasteiger partial charge >= 0.3 is 6.09 Å². The van der Waals surface area contributed by atoms with Gasteiger partial charge in [-0.25, -0.2) is 4.79 Å². The predicted molar refractivity (Wildman–Crippen MR) is 84.4 cm³/mol. The van der Waals surface area contributed by atoms with E-state index in [1.165, 1.54) is 0 Å². The van der Waals surface area contributed by atoms with Crippen LogP contribution in [0.5, 0.6) is 0 Å². The Morgan fingerprint density at radius 1 is 1.36 bits per heavy atom. The maximum atomic E-state index is 12.2. The van der Waals surface area contributed by atoms with Gasteiger partial charge in [0, 0.05) is 44.3 Å². The highest BCUT2D eigenvalue weighted by Crippen LogP contribution is 2.22. The molecule has 6 heteroatoms. The van der Waals surface area contributed by atoms with Gasteiger partial charge in [0.25, 0.3) is 0 Å². The molecule has 1 aromatic heterocycles. The summed E-state index contributed by atoms with van der Waals surface area (Å²) in [4.78, 5) is 24.9. The van der Waals surface area contributed by atoms with E-state index in [4.69, 9.17) is 4.74 Å². The number of hydrogen-bond acceptors (Lipinski definition) is 5. The van der Waals surface area contributed by atoms with Gasteiger partial charge in [0.1, 0.15) is 5.60 Å². The molecule has 1 fully saturated rings. The van der Waals surface area contributed by atoms with Crippen LogP contribution in [0.3, 0.4) is 0 Å². The molecule has 1 saturated heterocycles. The van der Waals surface area contributed by atoms with Crippen LogP contribution in [-0.4, -0.2) is 57.1 Å². The second-order valence-electron chi connectivity index (χ2n) is 6.82. The third kappa shape index (κ3) is 4.16. The summed E-state index contributed by atoms with van der Waals surface area (Å²) in [5.41, 5.74) is 0.501. The molecular weight excluding hydrogens is 280 g/mol. The molecule has 122 valence electrons. The van der Waals surface area contributed by atoms with Gasteiger partial charge < -0.3 is 9.64 Å². The van der Waals surface area contributed by atoms with E-state index in [1.807, 2.05) is 25.7 Å². The average Bonchev–Trinajstić information content (AvgIpc) is 2.45. The Balaban J connectivity index is 1.96. The smallest absolute Gasteiger partial charge is 0.410 e. The van der Waals surface area contributed by atoms with Crippen LogP contribution in [0.4, 0.5) is 4.79 Å². The molecule has 2 rings (SSSR count). The standard InChI is InChI=1S/C16H26N4O2/c1-12-11-19(13(2)14-10-17-6-7-18-14)8-9-20(12)15(21)22-16(3,4)5/h6-7,10,12-13H,8-9,11H2,1-5H3/t12-,13+/m1/s1. The zero-order valence-corrected chi connectivity index (χ0v) is 14.1. The van der Waals surface area contributed by atoms with Crippen LogP contribution in [0, 0.1) is 0 Å². The SMILES string of the molecule is C[C@@H]1CN([C@@H](C)c2cnccn2)CCN1C(=O)OC(C)(C)C. The van der Waals surface area contributed by atoms with Gasteiger partial charge in [-0.05, 0) is 34.6 Å². The summed E-state index contributed by atoms with van der Waals surface area (Å²) in [5.74, 6) is 0. The molecule has 0 aromatic carbocycles. The number of nitrogens with zero attached hydrogens (tertiary/aromatic N) is 4. The third-order valence-corrected chi connectivity index (χ3v) is 3.85. The van der Waals surface area contributed by atoms with Crippen molar-refractivity contribution in [1.82, 2.24) is 19.8 Å². The normalized spacial score (nSPS) is 21.5. The molecule has 0 radical (unpaired) electrons. The molecule has 0 bridgehead atoms. The van der Waals surface area contributed by atoms with E-state index in [2.05, 4.69) is 28.7 Å². The van der Waals surface area contributed by atoms with E-state index in [0.717, 1.165) is 18.8 Å². The van der Waals surface area contributed by atoms with Crippen molar-refractivity contribution >= 4 is 6.09 Å². The topological polar surface area (TPSA) is 58.6 Å². The summed E-state index contributed by atoms with van der Waals surface area (Å²) in [6.07, 6.45) is 4.97. The van der Waals surface area contributed by atoms with Gasteiger partial charge in [-0.1, -0.05) is 0 Å². The summed E-state index contributed by atoms with van der Waals surface area (Å²) in [6, 6.07) is 0.305. The van der Waals surface area contributed by atoms with E-state index < -0.39 is 5.60 Å². The molecule has 0 unspecified atom stereocenters. The minimum Gasteiger partial charge on any atom is -0.444 e. The second kappa shape index (κ2) is 6.60. The Hall–Kier alpha value is -1.69. The summed E-state index contributed by atoms with van der Waals surface area (Å²) in [6.45, 7) is 12.1. The lowest BCUT2D eigenvalue weighted by molar-refractivity contribution is -0.00373. The number of ether oxygens (including phenoxy) is 1. The van der Waals surface area contributed by atoms with E-state index in [9.17, 15) is 4.79 Å². The van der Waals surface area contributed by atoms with Crippen molar-refractivity contribution in [2.75, 3.05) is 19.6 Å². The number of aromatic nitrogens is 2. The van der Waals surface area contributed by atoms with Crippen LogP contribution >= 0.6 is 0 Å². The molecule has 0 N–H and O–H groups in total. The lowest BCUT2D eigenvalue weighted by Crippen LogP contribution is -2.55. The number of carbonyl (C=O) groups is 1. The molecular formula is C16H26N4O2. The van der Waals surface area contributed by atoms with Crippen molar-refractivity contribution in [1.29, 1.82) is 0 Å². The Bertz CT molecular complexity index is 501. The molecule has 1 amide bonds. The molecule has 0 aliphatic carbocycles. The minimum atomic E-state index is -0.457. The molecule has 2 heterocycles. The molecule has 1 aliphatic heterocycles. The van der Waals surface area contributed by atoms with Crippen LogP contribution in [0.1, 0.15) is 46.4 Å². The number of piperazine rings is 1. The maximum Gasteiger partial charge on any atom is 0.410 e. The van der Waals surface area contributed by atoms with E-state index in [0.29, 0.717) is 6.54 Å². The van der Waals surface area contributed by atoms with Crippen LogP contribution < -0.4 is 0 Å². The zero-order chi connectivity index (χ0) is 16.3. The molecule has 1 aromatic rings. The van der Waals surface area contributed by atoms with Crippen LogP contribution in [0.15, 0.2) is 18.6 Å². The summed E-state index contributed by atoms with van der Waals surface area (Å²) >= 11 is 0. The van der Waals surface area contributed by atoms with E-state index in [-0.39, 0.29) is 18.2 Å². The van der Waals surface area contributed by atoms with Crippen molar-refractivity contribution < 1.29 is 9.53 Å². The van der Waals surface area contributed by atoms with Crippen molar-refractivity contribution in [2.45, 2.75) is 52.3 Å². The lowest BCUT2D eigenvalue weighted by Gasteiger charge is -2.42. The van der Waals surface area contributed by atoms with Crippen LogP contribution in [0.2, 0.25) is 0 Å². The van der Waals surface area contributed by atoms with Crippen LogP contribution in [-0.2, 0) is 4.74 Å². The Labute approximate surface area is 132 Å². The fraction of sp³-hybridized carbons (Fsp3) is 0.688. The molecule has 2 atom stereocenters. The molecule has 0 saturated carbocycles. The van der Waals surface area contributed by atoms with Crippen LogP contribution in [0.25, 0.3) is 0 Å². The highest BCUT2D eigenvalue weighted by molar-refractivity contribution is 5.68. The second-order valence-corrected chi connectivity index (χ2v) is 6.82. The van der Waals surface area contributed by atoms with E-state index >= 15 is 0 Å². The number of amides is 1. The van der Waals surface area contributed by atoms with Gasteiger partial charge in [0.2, 0.25) is 0 Å². The van der Waals surface area contributed by atoms with Crippen molar-refractivity contribution in [3.63, 3.8) is 0 Å². The summed E-state index contributed by atoms with van der Waals surface area (Å²) in [7, 11) is 0. The third-order valence-electron chi connectivity index (χ3n) is 3.85. The van der Waals surface area contributed by atoms with Crippen molar-refractivity contribution in [3.05, 3.63) is 24.3 Å². The molecule has 1 aliphatic rings. The fourth-order valence-electron chi connectivity index (χ4n) is 2.64. The average molecular weight is 306 g/mol.